The third-order valence-electron chi connectivity index (χ3n) is 6.73. The van der Waals surface area contributed by atoms with E-state index in [4.69, 9.17) is 9.63 Å². The highest BCUT2D eigenvalue weighted by atomic mass is 31.0. The van der Waals surface area contributed by atoms with Crippen LogP contribution in [0.25, 0.3) is 0 Å². The second kappa shape index (κ2) is 32.3. The molecule has 0 aromatic carbocycles. The molecule has 0 rings (SSSR count). The third kappa shape index (κ3) is 28.4. The van der Waals surface area contributed by atoms with E-state index in [2.05, 4.69) is 32.6 Å². The number of ether oxygens (including phenoxy) is 1. The molecule has 0 radical (unpaired) electrons. The maximum Gasteiger partial charge on any atom is 0.0468 e. The van der Waals surface area contributed by atoms with Crippen LogP contribution < -0.4 is 0 Å². The van der Waals surface area contributed by atoms with Gasteiger partial charge >= 0.3 is 0 Å². The monoisotopic (exact) mass is 489 g/mol. The van der Waals surface area contributed by atoms with Crippen molar-refractivity contribution in [1.29, 1.82) is 0 Å². The molecule has 0 fully saturated rings. The van der Waals surface area contributed by atoms with Crippen molar-refractivity contribution in [2.45, 2.75) is 150 Å². The van der Waals surface area contributed by atoms with Gasteiger partial charge in [0.15, 0.2) is 0 Å². The van der Waals surface area contributed by atoms with E-state index < -0.39 is 0 Å². The predicted molar refractivity (Wildman–Crippen MR) is 153 cm³/mol. The first-order valence-electron chi connectivity index (χ1n) is 14.8. The highest BCUT2D eigenvalue weighted by molar-refractivity contribution is 7.08. The van der Waals surface area contributed by atoms with Crippen molar-refractivity contribution in [2.75, 3.05) is 32.8 Å². The number of unbranched alkanes of at least 4 members (excludes halogenated alkanes) is 11. The molecular weight excluding hydrogens is 425 g/mol. The Balaban J connectivity index is 0. The number of nitrogens with zero attached hydrogens (tertiary/aromatic N) is 1. The van der Waals surface area contributed by atoms with Gasteiger partial charge in [-0.2, -0.15) is 0 Å². The molecule has 1 N–H and O–H groups in total. The molecule has 202 valence electrons. The maximum atomic E-state index is 6.92. The van der Waals surface area contributed by atoms with Gasteiger partial charge in [-0.25, -0.2) is 0 Å². The van der Waals surface area contributed by atoms with E-state index in [-0.39, 0.29) is 0 Å². The number of hydrogen-bond donors (Lipinski definition) is 1. The lowest BCUT2D eigenvalue weighted by atomic mass is 9.95. The van der Waals surface area contributed by atoms with Gasteiger partial charge in [-0.1, -0.05) is 118 Å². The Hall–Kier alpha value is 0.310. The molecule has 0 aromatic heterocycles. The minimum Gasteiger partial charge on any atom is -0.381 e. The first-order valence-corrected chi connectivity index (χ1v) is 15.4. The van der Waals surface area contributed by atoms with Crippen molar-refractivity contribution in [3.05, 3.63) is 0 Å². The summed E-state index contributed by atoms with van der Waals surface area (Å²) >= 11 is 0. The Morgan fingerprint density at radius 1 is 0.515 bits per heavy atom. The van der Waals surface area contributed by atoms with E-state index in [1.807, 2.05) is 0 Å². The number of rotatable bonds is 26. The summed E-state index contributed by atoms with van der Waals surface area (Å²) in [4.78, 5) is 9.68. The molecule has 3 nitrogen and oxygen atoms in total. The van der Waals surface area contributed by atoms with Gasteiger partial charge in [0.1, 0.15) is 0 Å². The Labute approximate surface area is 212 Å². The van der Waals surface area contributed by atoms with Crippen molar-refractivity contribution in [3.8, 4) is 0 Å². The van der Waals surface area contributed by atoms with E-state index >= 15 is 0 Å². The molecule has 0 amide bonds. The van der Waals surface area contributed by atoms with Crippen molar-refractivity contribution in [3.63, 3.8) is 0 Å². The highest BCUT2D eigenvalue weighted by Gasteiger charge is 2.07. The SMILES string of the molecule is CCCCCCCCN(CCCCCCCC)CCCCOCCC(CCC)CCC.OP. The molecule has 0 spiro atoms. The molecule has 1 atom stereocenters. The minimum atomic E-state index is 0.889. The summed E-state index contributed by atoms with van der Waals surface area (Å²) in [5.41, 5.74) is 0. The Morgan fingerprint density at radius 3 is 1.39 bits per heavy atom. The summed E-state index contributed by atoms with van der Waals surface area (Å²) in [6.45, 7) is 15.1. The van der Waals surface area contributed by atoms with Gasteiger partial charge in [-0.3, -0.25) is 0 Å². The minimum absolute atomic E-state index is 0.889. The predicted octanol–water partition coefficient (Wildman–Crippen LogP) is 9.18. The fraction of sp³-hybridized carbons (Fsp3) is 1.00. The van der Waals surface area contributed by atoms with E-state index in [0.29, 0.717) is 0 Å². The molecule has 1 unspecified atom stereocenters. The lowest BCUT2D eigenvalue weighted by Gasteiger charge is -2.22. The second-order valence-electron chi connectivity index (χ2n) is 9.93. The lowest BCUT2D eigenvalue weighted by molar-refractivity contribution is 0.111. The Kier molecular flexibility index (Phi) is 34.7. The average molecular weight is 490 g/mol. The van der Waals surface area contributed by atoms with Gasteiger partial charge < -0.3 is 14.5 Å². The number of hydrogen-bond acceptors (Lipinski definition) is 3. The van der Waals surface area contributed by atoms with Crippen LogP contribution in [-0.4, -0.2) is 42.6 Å². The Morgan fingerprint density at radius 2 is 0.939 bits per heavy atom. The molecular formula is C29H64NO2P. The van der Waals surface area contributed by atoms with Crippen LogP contribution in [0.2, 0.25) is 0 Å². The van der Waals surface area contributed by atoms with Crippen LogP contribution in [0, 0.1) is 5.92 Å². The van der Waals surface area contributed by atoms with Gasteiger partial charge in [0.05, 0.1) is 0 Å². The van der Waals surface area contributed by atoms with Crippen LogP contribution in [0.15, 0.2) is 0 Å². The second-order valence-corrected chi connectivity index (χ2v) is 9.93. The van der Waals surface area contributed by atoms with E-state index in [1.165, 1.54) is 151 Å². The van der Waals surface area contributed by atoms with Crippen LogP contribution in [0.3, 0.4) is 0 Å². The van der Waals surface area contributed by atoms with Gasteiger partial charge in [0.25, 0.3) is 0 Å². The maximum absolute atomic E-state index is 6.92. The summed E-state index contributed by atoms with van der Waals surface area (Å²) in [7, 11) is 1.42. The van der Waals surface area contributed by atoms with Crippen LogP contribution in [-0.2, 0) is 4.74 Å². The normalized spacial score (nSPS) is 11.3. The van der Waals surface area contributed by atoms with E-state index in [0.717, 1.165) is 19.1 Å². The first-order chi connectivity index (χ1) is 16.3. The molecule has 0 saturated carbocycles. The van der Waals surface area contributed by atoms with Crippen molar-refractivity contribution >= 4 is 9.47 Å². The van der Waals surface area contributed by atoms with Crippen LogP contribution >= 0.6 is 9.47 Å². The van der Waals surface area contributed by atoms with E-state index in [1.54, 1.807) is 0 Å². The lowest BCUT2D eigenvalue weighted by Crippen LogP contribution is -2.27. The standard InChI is InChI=1S/C29H61NO.H3OP/c1-5-9-11-13-15-17-24-30(25-18-16-14-12-10-6-2)26-19-20-27-31-28-23-29(21-7-3)22-8-4;1-2/h29H,5-28H2,1-4H3;1H,2H2. The fourth-order valence-corrected chi connectivity index (χ4v) is 4.71. The summed E-state index contributed by atoms with van der Waals surface area (Å²) in [6.07, 6.45) is 26.1. The summed E-state index contributed by atoms with van der Waals surface area (Å²) < 4.78 is 5.99. The van der Waals surface area contributed by atoms with Crippen molar-refractivity contribution < 1.29 is 9.63 Å². The molecule has 0 aromatic rings. The zero-order chi connectivity index (χ0) is 24.8. The highest BCUT2D eigenvalue weighted by Crippen LogP contribution is 2.17. The van der Waals surface area contributed by atoms with E-state index in [9.17, 15) is 0 Å². The van der Waals surface area contributed by atoms with Gasteiger partial charge in [0, 0.05) is 13.2 Å². The quantitative estimate of drug-likeness (QED) is 0.0970. The molecule has 0 bridgehead atoms. The summed E-state index contributed by atoms with van der Waals surface area (Å²) in [5, 5.41) is 0. The van der Waals surface area contributed by atoms with Crippen LogP contribution in [0.5, 0.6) is 0 Å². The molecule has 4 heteroatoms. The summed E-state index contributed by atoms with van der Waals surface area (Å²) in [5.74, 6) is 0.889. The average Bonchev–Trinajstić information content (AvgIpc) is 2.83. The zero-order valence-corrected chi connectivity index (χ0v) is 24.6. The van der Waals surface area contributed by atoms with Crippen LogP contribution in [0.4, 0.5) is 0 Å². The molecule has 33 heavy (non-hydrogen) atoms. The smallest absolute Gasteiger partial charge is 0.0468 e. The molecule has 0 aliphatic rings. The van der Waals surface area contributed by atoms with Gasteiger partial charge in [-0.05, 0) is 67.1 Å². The molecule has 0 aliphatic carbocycles. The third-order valence-corrected chi connectivity index (χ3v) is 6.73. The van der Waals surface area contributed by atoms with Crippen molar-refractivity contribution in [2.24, 2.45) is 5.92 Å². The van der Waals surface area contributed by atoms with Crippen LogP contribution in [0.1, 0.15) is 150 Å². The molecule has 0 saturated heterocycles. The Bertz CT molecular complexity index is 309. The first kappa shape index (κ1) is 35.5. The molecule has 0 aliphatic heterocycles. The summed E-state index contributed by atoms with van der Waals surface area (Å²) in [6, 6.07) is 0. The largest absolute Gasteiger partial charge is 0.381 e. The zero-order valence-electron chi connectivity index (χ0n) is 23.4. The van der Waals surface area contributed by atoms with Gasteiger partial charge in [-0.15, -0.1) is 0 Å². The fourth-order valence-electron chi connectivity index (χ4n) is 4.71. The topological polar surface area (TPSA) is 32.7 Å². The molecule has 0 heterocycles. The van der Waals surface area contributed by atoms with Gasteiger partial charge in [0.2, 0.25) is 0 Å². The van der Waals surface area contributed by atoms with Crippen molar-refractivity contribution in [1.82, 2.24) is 4.90 Å².